The smallest absolute Gasteiger partial charge is 0.261 e. The first-order valence-corrected chi connectivity index (χ1v) is 9.84. The highest BCUT2D eigenvalue weighted by Crippen LogP contribution is 2.29. The van der Waals surface area contributed by atoms with Crippen molar-refractivity contribution in [2.24, 2.45) is 0 Å². The van der Waals surface area contributed by atoms with Crippen LogP contribution in [0, 0.1) is 0 Å². The van der Waals surface area contributed by atoms with Crippen LogP contribution in [0.1, 0.15) is 22.5 Å². The number of likely N-dealkylation sites (N-methyl/N-ethyl adjacent to an activating group) is 1. The summed E-state index contributed by atoms with van der Waals surface area (Å²) in [7, 11) is 1.56. The van der Waals surface area contributed by atoms with Crippen molar-refractivity contribution in [1.82, 2.24) is 15.5 Å². The molecule has 2 aromatic rings. The molecule has 8 heteroatoms. The summed E-state index contributed by atoms with van der Waals surface area (Å²) in [6.07, 6.45) is 1.43. The number of rotatable bonds is 5. The summed E-state index contributed by atoms with van der Waals surface area (Å²) >= 11 is 7.25. The third-order valence-corrected chi connectivity index (χ3v) is 5.87. The summed E-state index contributed by atoms with van der Waals surface area (Å²) in [5.41, 5.74) is 0.977. The van der Waals surface area contributed by atoms with Crippen molar-refractivity contribution in [2.75, 3.05) is 20.1 Å². The lowest BCUT2D eigenvalue weighted by Gasteiger charge is -2.23. The normalized spacial score (nSPS) is 16.2. The quantitative estimate of drug-likeness (QED) is 0.802. The standard InChI is InChI=1S/C19H20ClN3O3S/c1-21-18(25)14-3-2-10-23(14)17(24)11-22-19(26)16-9-8-15(27-16)12-4-6-13(20)7-5-12/h4-9,14H,2-3,10-11H2,1H3,(H,21,25)(H,22,26). The number of nitrogens with one attached hydrogen (secondary N) is 2. The van der Waals surface area contributed by atoms with Gasteiger partial charge in [0.1, 0.15) is 6.04 Å². The van der Waals surface area contributed by atoms with Crippen molar-refractivity contribution in [3.8, 4) is 10.4 Å². The lowest BCUT2D eigenvalue weighted by atomic mass is 10.2. The van der Waals surface area contributed by atoms with E-state index in [2.05, 4.69) is 10.6 Å². The second-order valence-electron chi connectivity index (χ2n) is 6.21. The second-order valence-corrected chi connectivity index (χ2v) is 7.73. The minimum Gasteiger partial charge on any atom is -0.357 e. The lowest BCUT2D eigenvalue weighted by Crippen LogP contribution is -2.48. The van der Waals surface area contributed by atoms with Crippen LogP contribution in [0.15, 0.2) is 36.4 Å². The molecule has 1 aliphatic heterocycles. The van der Waals surface area contributed by atoms with Crippen LogP contribution in [0.25, 0.3) is 10.4 Å². The number of carbonyl (C=O) groups excluding carboxylic acids is 3. The molecule has 1 saturated heterocycles. The van der Waals surface area contributed by atoms with Crippen LogP contribution in [0.3, 0.4) is 0 Å². The van der Waals surface area contributed by atoms with E-state index in [4.69, 9.17) is 11.6 Å². The molecule has 0 bridgehead atoms. The van der Waals surface area contributed by atoms with E-state index < -0.39 is 6.04 Å². The van der Waals surface area contributed by atoms with Gasteiger partial charge < -0.3 is 15.5 Å². The average molecular weight is 406 g/mol. The van der Waals surface area contributed by atoms with E-state index in [9.17, 15) is 14.4 Å². The van der Waals surface area contributed by atoms with Gasteiger partial charge in [-0.2, -0.15) is 0 Å². The Morgan fingerprint density at radius 3 is 2.63 bits per heavy atom. The Bertz CT molecular complexity index is 850. The molecule has 3 amide bonds. The number of likely N-dealkylation sites (tertiary alicyclic amines) is 1. The summed E-state index contributed by atoms with van der Waals surface area (Å²) in [5, 5.41) is 5.89. The van der Waals surface area contributed by atoms with Gasteiger partial charge in [0.25, 0.3) is 5.91 Å². The molecule has 1 aromatic carbocycles. The van der Waals surface area contributed by atoms with Crippen LogP contribution < -0.4 is 10.6 Å². The van der Waals surface area contributed by atoms with Gasteiger partial charge in [-0.1, -0.05) is 23.7 Å². The first kappa shape index (κ1) is 19.4. The van der Waals surface area contributed by atoms with Crippen molar-refractivity contribution >= 4 is 40.7 Å². The van der Waals surface area contributed by atoms with E-state index in [1.165, 1.54) is 16.2 Å². The molecule has 27 heavy (non-hydrogen) atoms. The van der Waals surface area contributed by atoms with Crippen molar-refractivity contribution in [2.45, 2.75) is 18.9 Å². The van der Waals surface area contributed by atoms with E-state index in [-0.39, 0.29) is 24.3 Å². The first-order valence-electron chi connectivity index (χ1n) is 8.64. The number of nitrogens with zero attached hydrogens (tertiary/aromatic N) is 1. The summed E-state index contributed by atoms with van der Waals surface area (Å²) in [6, 6.07) is 10.5. The Morgan fingerprint density at radius 2 is 1.93 bits per heavy atom. The zero-order valence-electron chi connectivity index (χ0n) is 14.8. The number of carbonyl (C=O) groups is 3. The molecule has 1 aromatic heterocycles. The molecule has 1 unspecified atom stereocenters. The zero-order chi connectivity index (χ0) is 19.4. The predicted octanol–water partition coefficient (Wildman–Crippen LogP) is 2.54. The fourth-order valence-corrected chi connectivity index (χ4v) is 4.13. The predicted molar refractivity (Wildman–Crippen MR) is 106 cm³/mol. The average Bonchev–Trinajstić information content (AvgIpc) is 3.35. The van der Waals surface area contributed by atoms with Gasteiger partial charge in [0, 0.05) is 23.5 Å². The monoisotopic (exact) mass is 405 g/mol. The highest BCUT2D eigenvalue weighted by molar-refractivity contribution is 7.17. The van der Waals surface area contributed by atoms with E-state index >= 15 is 0 Å². The van der Waals surface area contributed by atoms with Crippen LogP contribution in [0.4, 0.5) is 0 Å². The number of amides is 3. The third kappa shape index (κ3) is 4.48. The number of hydrogen-bond acceptors (Lipinski definition) is 4. The Hall–Kier alpha value is -2.38. The van der Waals surface area contributed by atoms with Crippen molar-refractivity contribution < 1.29 is 14.4 Å². The maximum Gasteiger partial charge on any atom is 0.261 e. The van der Waals surface area contributed by atoms with E-state index in [0.717, 1.165) is 16.9 Å². The molecule has 0 aliphatic carbocycles. The topological polar surface area (TPSA) is 78.5 Å². The molecule has 3 rings (SSSR count). The molecular formula is C19H20ClN3O3S. The third-order valence-electron chi connectivity index (χ3n) is 4.48. The molecule has 142 valence electrons. The Balaban J connectivity index is 1.59. The number of thiophene rings is 1. The van der Waals surface area contributed by atoms with Crippen LogP contribution in [0.5, 0.6) is 0 Å². The SMILES string of the molecule is CNC(=O)C1CCCN1C(=O)CNC(=O)c1ccc(-c2ccc(Cl)cc2)s1. The molecule has 2 heterocycles. The van der Waals surface area contributed by atoms with Gasteiger partial charge in [-0.05, 0) is 42.7 Å². The number of halogens is 1. The van der Waals surface area contributed by atoms with Crippen molar-refractivity contribution in [3.05, 3.63) is 46.3 Å². The fraction of sp³-hybridized carbons (Fsp3) is 0.316. The molecule has 2 N–H and O–H groups in total. The van der Waals surface area contributed by atoms with Gasteiger partial charge in [-0.25, -0.2) is 0 Å². The minimum atomic E-state index is -0.447. The van der Waals surface area contributed by atoms with Gasteiger partial charge in [-0.15, -0.1) is 11.3 Å². The van der Waals surface area contributed by atoms with Crippen molar-refractivity contribution in [1.29, 1.82) is 0 Å². The number of benzene rings is 1. The van der Waals surface area contributed by atoms with Crippen LogP contribution in [-0.4, -0.2) is 48.8 Å². The summed E-state index contributed by atoms with van der Waals surface area (Å²) < 4.78 is 0. The fourth-order valence-electron chi connectivity index (χ4n) is 3.08. The lowest BCUT2D eigenvalue weighted by molar-refractivity contribution is -0.137. The van der Waals surface area contributed by atoms with Gasteiger partial charge in [0.15, 0.2) is 0 Å². The number of hydrogen-bond donors (Lipinski definition) is 2. The zero-order valence-corrected chi connectivity index (χ0v) is 16.4. The second kappa shape index (κ2) is 8.54. The highest BCUT2D eigenvalue weighted by Gasteiger charge is 2.33. The van der Waals surface area contributed by atoms with Crippen molar-refractivity contribution in [3.63, 3.8) is 0 Å². The molecular weight excluding hydrogens is 386 g/mol. The maximum absolute atomic E-state index is 12.4. The molecule has 0 spiro atoms. The molecule has 6 nitrogen and oxygen atoms in total. The maximum atomic E-state index is 12.4. The molecule has 1 atom stereocenters. The van der Waals surface area contributed by atoms with Crippen LogP contribution in [-0.2, 0) is 9.59 Å². The van der Waals surface area contributed by atoms with E-state index in [0.29, 0.717) is 22.9 Å². The minimum absolute atomic E-state index is 0.124. The van der Waals surface area contributed by atoms with Gasteiger partial charge >= 0.3 is 0 Å². The van der Waals surface area contributed by atoms with E-state index in [1.54, 1.807) is 25.2 Å². The summed E-state index contributed by atoms with van der Waals surface area (Å²) in [4.78, 5) is 39.6. The molecule has 1 aliphatic rings. The van der Waals surface area contributed by atoms with Gasteiger partial charge in [-0.3, -0.25) is 14.4 Å². The first-order chi connectivity index (χ1) is 13.0. The summed E-state index contributed by atoms with van der Waals surface area (Å²) in [5.74, 6) is -0.716. The highest BCUT2D eigenvalue weighted by atomic mass is 35.5. The Labute approximate surface area is 166 Å². The molecule has 1 fully saturated rings. The van der Waals surface area contributed by atoms with Gasteiger partial charge in [0.2, 0.25) is 11.8 Å². The van der Waals surface area contributed by atoms with Crippen LogP contribution in [0.2, 0.25) is 5.02 Å². The Morgan fingerprint density at radius 1 is 1.19 bits per heavy atom. The van der Waals surface area contributed by atoms with Crippen LogP contribution >= 0.6 is 22.9 Å². The molecule has 0 radical (unpaired) electrons. The van der Waals surface area contributed by atoms with E-state index in [1.807, 2.05) is 18.2 Å². The van der Waals surface area contributed by atoms with Gasteiger partial charge in [0.05, 0.1) is 11.4 Å². The Kier molecular flexibility index (Phi) is 6.13. The summed E-state index contributed by atoms with van der Waals surface area (Å²) in [6.45, 7) is 0.410. The molecule has 0 saturated carbocycles. The largest absolute Gasteiger partial charge is 0.357 e.